The summed E-state index contributed by atoms with van der Waals surface area (Å²) >= 11 is 6.22. The second-order valence-corrected chi connectivity index (χ2v) is 7.46. The minimum absolute atomic E-state index is 0.113. The maximum Gasteiger partial charge on any atom is 0.261 e. The van der Waals surface area contributed by atoms with Crippen molar-refractivity contribution < 1.29 is 14.6 Å². The van der Waals surface area contributed by atoms with Gasteiger partial charge in [-0.3, -0.25) is 9.48 Å². The molecule has 1 atom stereocenters. The van der Waals surface area contributed by atoms with E-state index in [2.05, 4.69) is 15.5 Å². The van der Waals surface area contributed by atoms with Crippen LogP contribution in [0.1, 0.15) is 17.3 Å². The van der Waals surface area contributed by atoms with Gasteiger partial charge in [-0.2, -0.15) is 5.10 Å². The van der Waals surface area contributed by atoms with Crippen molar-refractivity contribution in [1.29, 1.82) is 0 Å². The number of aliphatic hydroxyl groups is 1. The van der Waals surface area contributed by atoms with Gasteiger partial charge in [0.05, 0.1) is 42.9 Å². The first-order valence-corrected chi connectivity index (χ1v) is 9.88. The summed E-state index contributed by atoms with van der Waals surface area (Å²) in [6, 6.07) is 10.5. The second-order valence-electron chi connectivity index (χ2n) is 7.03. The summed E-state index contributed by atoms with van der Waals surface area (Å²) in [6.45, 7) is 1.86. The first-order valence-electron chi connectivity index (χ1n) is 9.51. The van der Waals surface area contributed by atoms with Gasteiger partial charge in [0.2, 0.25) is 0 Å². The topological polar surface area (TPSA) is 120 Å². The highest BCUT2D eigenvalue weighted by atomic mass is 35.5. The predicted octanol–water partition coefficient (Wildman–Crippen LogP) is 3.08. The number of nitrogens with two attached hydrogens (primary N) is 1. The molecular formula is C21H21ClN6O3. The number of nitrogens with one attached hydrogen (secondary N) is 1. The number of methoxy groups -OCH3 is 1. The Morgan fingerprint density at radius 2 is 2.16 bits per heavy atom. The second kappa shape index (κ2) is 8.29. The van der Waals surface area contributed by atoms with E-state index in [-0.39, 0.29) is 17.9 Å². The van der Waals surface area contributed by atoms with E-state index in [9.17, 15) is 9.90 Å². The van der Waals surface area contributed by atoms with Crippen molar-refractivity contribution in [1.82, 2.24) is 19.4 Å². The maximum absolute atomic E-state index is 13.2. The Balaban J connectivity index is 1.81. The van der Waals surface area contributed by atoms with Crippen LogP contribution in [0.25, 0.3) is 16.8 Å². The molecule has 4 N–H and O–H groups in total. The number of anilines is 2. The Morgan fingerprint density at radius 1 is 1.35 bits per heavy atom. The fourth-order valence-electron chi connectivity index (χ4n) is 3.45. The van der Waals surface area contributed by atoms with Crippen molar-refractivity contribution in [2.75, 3.05) is 18.2 Å². The minimum atomic E-state index is -0.664. The van der Waals surface area contributed by atoms with Gasteiger partial charge in [-0.25, -0.2) is 4.52 Å². The lowest BCUT2D eigenvalue weighted by Crippen LogP contribution is -2.16. The van der Waals surface area contributed by atoms with Crippen molar-refractivity contribution in [2.24, 2.45) is 0 Å². The van der Waals surface area contributed by atoms with E-state index in [1.165, 1.54) is 6.20 Å². The number of pyridine rings is 1. The highest BCUT2D eigenvalue weighted by molar-refractivity contribution is 6.31. The van der Waals surface area contributed by atoms with E-state index < -0.39 is 12.0 Å². The monoisotopic (exact) mass is 440 g/mol. The molecule has 0 saturated heterocycles. The summed E-state index contributed by atoms with van der Waals surface area (Å²) in [4.78, 5) is 13.2. The standard InChI is InChI=1S/C21H21ClN6O3/c1-12(29)11-28-19(14-9-13(22)6-7-17(14)31-2)15(10-24-28)25-21(30)18-16-5-3-4-8-27(16)26-20(18)23/h3-10,12,29H,11H2,1-2H3,(H2,23,26)(H,25,30)/t12-/m0/s1. The predicted molar refractivity (Wildman–Crippen MR) is 118 cm³/mol. The largest absolute Gasteiger partial charge is 0.496 e. The zero-order valence-corrected chi connectivity index (χ0v) is 17.7. The van der Waals surface area contributed by atoms with Crippen LogP contribution in [0.3, 0.4) is 0 Å². The number of rotatable bonds is 6. The molecule has 0 fully saturated rings. The Bertz CT molecular complexity index is 1260. The molecule has 1 aromatic carbocycles. The van der Waals surface area contributed by atoms with Crippen LogP contribution in [-0.4, -0.2) is 43.6 Å². The van der Waals surface area contributed by atoms with E-state index >= 15 is 0 Å². The summed E-state index contributed by atoms with van der Waals surface area (Å²) in [6.07, 6.45) is 2.56. The molecule has 0 aliphatic rings. The van der Waals surface area contributed by atoms with Crippen LogP contribution in [0.2, 0.25) is 5.02 Å². The Labute approximate surface area is 183 Å². The summed E-state index contributed by atoms with van der Waals surface area (Å²) < 4.78 is 8.62. The van der Waals surface area contributed by atoms with E-state index in [4.69, 9.17) is 22.1 Å². The van der Waals surface area contributed by atoms with Gasteiger partial charge in [0.1, 0.15) is 11.3 Å². The number of nitrogens with zero attached hydrogens (tertiary/aromatic N) is 4. The molecule has 0 bridgehead atoms. The molecule has 0 aliphatic carbocycles. The molecule has 3 aromatic heterocycles. The van der Waals surface area contributed by atoms with Gasteiger partial charge in [0.15, 0.2) is 5.82 Å². The number of benzene rings is 1. The Hall–Kier alpha value is -3.56. The number of carbonyl (C=O) groups is 1. The zero-order chi connectivity index (χ0) is 22.1. The molecule has 0 aliphatic heterocycles. The molecule has 160 valence electrons. The van der Waals surface area contributed by atoms with E-state index in [1.807, 2.05) is 0 Å². The van der Waals surface area contributed by atoms with Gasteiger partial charge >= 0.3 is 0 Å². The molecule has 0 radical (unpaired) electrons. The molecule has 0 saturated carbocycles. The first kappa shape index (κ1) is 20.7. The van der Waals surface area contributed by atoms with E-state index in [0.29, 0.717) is 33.2 Å². The van der Waals surface area contributed by atoms with Crippen molar-refractivity contribution in [2.45, 2.75) is 19.6 Å². The third-order valence-corrected chi connectivity index (χ3v) is 4.97. The summed E-state index contributed by atoms with van der Waals surface area (Å²) in [5.41, 5.74) is 8.43. The molecule has 9 nitrogen and oxygen atoms in total. The van der Waals surface area contributed by atoms with E-state index in [1.54, 1.807) is 65.8 Å². The first-order chi connectivity index (χ1) is 14.9. The Morgan fingerprint density at radius 3 is 2.90 bits per heavy atom. The number of ether oxygens (including phenoxy) is 1. The molecule has 0 unspecified atom stereocenters. The number of halogens is 1. The number of aromatic nitrogens is 4. The summed E-state index contributed by atoms with van der Waals surface area (Å²) in [7, 11) is 1.54. The lowest BCUT2D eigenvalue weighted by molar-refractivity contribution is 0.102. The summed E-state index contributed by atoms with van der Waals surface area (Å²) in [5.74, 6) is 0.224. The molecule has 10 heteroatoms. The molecular weight excluding hydrogens is 420 g/mol. The quantitative estimate of drug-likeness (QED) is 0.424. The normalized spacial score (nSPS) is 12.1. The number of hydrogen-bond acceptors (Lipinski definition) is 6. The van der Waals surface area contributed by atoms with Crippen molar-refractivity contribution in [3.05, 3.63) is 59.4 Å². The number of carbonyl (C=O) groups excluding carboxylic acids is 1. The van der Waals surface area contributed by atoms with Crippen molar-refractivity contribution in [3.8, 4) is 17.0 Å². The average Bonchev–Trinajstić information content (AvgIpc) is 3.26. The van der Waals surface area contributed by atoms with Gasteiger partial charge in [-0.05, 0) is 37.3 Å². The van der Waals surface area contributed by atoms with Gasteiger partial charge in [0.25, 0.3) is 5.91 Å². The zero-order valence-electron chi connectivity index (χ0n) is 16.9. The number of nitrogen functional groups attached to an aromatic ring is 1. The highest BCUT2D eigenvalue weighted by Crippen LogP contribution is 2.37. The fraction of sp³-hybridized carbons (Fsp3) is 0.190. The fourth-order valence-corrected chi connectivity index (χ4v) is 3.62. The van der Waals surface area contributed by atoms with Crippen molar-refractivity contribution >= 4 is 34.5 Å². The molecule has 4 aromatic rings. The van der Waals surface area contributed by atoms with Crippen LogP contribution in [0, 0.1) is 0 Å². The van der Waals surface area contributed by atoms with Crippen LogP contribution in [0.15, 0.2) is 48.8 Å². The number of fused-ring (bicyclic) bond motifs is 1. The number of aliphatic hydroxyl groups excluding tert-OH is 1. The van der Waals surface area contributed by atoms with Gasteiger partial charge in [-0.15, -0.1) is 5.10 Å². The lowest BCUT2D eigenvalue weighted by Gasteiger charge is -2.15. The third kappa shape index (κ3) is 3.92. The average molecular weight is 441 g/mol. The van der Waals surface area contributed by atoms with E-state index in [0.717, 1.165) is 0 Å². The summed E-state index contributed by atoms with van der Waals surface area (Å²) in [5, 5.41) is 21.8. The SMILES string of the molecule is COc1ccc(Cl)cc1-c1c(NC(=O)c2c(N)nn3ccccc23)cnn1C[C@H](C)O. The molecule has 0 spiro atoms. The van der Waals surface area contributed by atoms with Gasteiger partial charge in [-0.1, -0.05) is 17.7 Å². The third-order valence-electron chi connectivity index (χ3n) is 4.74. The highest BCUT2D eigenvalue weighted by Gasteiger charge is 2.23. The van der Waals surface area contributed by atoms with Crippen LogP contribution < -0.4 is 15.8 Å². The molecule has 1 amide bonds. The molecule has 4 rings (SSSR count). The Kier molecular flexibility index (Phi) is 5.53. The molecule has 31 heavy (non-hydrogen) atoms. The smallest absolute Gasteiger partial charge is 0.261 e. The number of amides is 1. The molecule has 3 heterocycles. The van der Waals surface area contributed by atoms with Crippen LogP contribution in [0.4, 0.5) is 11.5 Å². The van der Waals surface area contributed by atoms with Crippen molar-refractivity contribution in [3.63, 3.8) is 0 Å². The van der Waals surface area contributed by atoms with Crippen LogP contribution in [0.5, 0.6) is 5.75 Å². The number of hydrogen-bond donors (Lipinski definition) is 3. The van der Waals surface area contributed by atoms with Gasteiger partial charge < -0.3 is 20.9 Å². The van der Waals surface area contributed by atoms with Crippen LogP contribution in [-0.2, 0) is 6.54 Å². The lowest BCUT2D eigenvalue weighted by atomic mass is 10.1. The van der Waals surface area contributed by atoms with Crippen LogP contribution >= 0.6 is 11.6 Å². The maximum atomic E-state index is 13.2. The minimum Gasteiger partial charge on any atom is -0.496 e. The van der Waals surface area contributed by atoms with Gasteiger partial charge in [0, 0.05) is 16.8 Å².